The number of benzene rings is 1. The highest BCUT2D eigenvalue weighted by atomic mass is 16.5. The number of carbonyl (C=O) groups is 1. The molecule has 2 atom stereocenters. The predicted octanol–water partition coefficient (Wildman–Crippen LogP) is 1.39. The summed E-state index contributed by atoms with van der Waals surface area (Å²) in [7, 11) is 0. The number of fused-ring (bicyclic) bond motifs is 1. The molecule has 1 aliphatic heterocycles. The van der Waals surface area contributed by atoms with Crippen molar-refractivity contribution < 1.29 is 9.53 Å². The normalized spacial score (nSPS) is 17.4. The van der Waals surface area contributed by atoms with Crippen LogP contribution in [0.1, 0.15) is 22.8 Å². The maximum atomic E-state index is 11.3. The number of primary amides is 1. The second-order valence-corrected chi connectivity index (χ2v) is 6.63. The van der Waals surface area contributed by atoms with Gasteiger partial charge in [0.2, 0.25) is 0 Å². The van der Waals surface area contributed by atoms with E-state index in [1.54, 1.807) is 0 Å². The Balaban J connectivity index is 1.44. The highest BCUT2D eigenvalue weighted by Crippen LogP contribution is 2.21. The van der Waals surface area contributed by atoms with Crippen LogP contribution in [-0.2, 0) is 6.54 Å². The smallest absolute Gasteiger partial charge is 0.254 e. The Morgan fingerprint density at radius 3 is 2.96 bits per heavy atom. The summed E-state index contributed by atoms with van der Waals surface area (Å²) in [6, 6.07) is 8.30. The largest absolute Gasteiger partial charge is 0.492 e. The number of hydrogen-bond donors (Lipinski definition) is 3. The van der Waals surface area contributed by atoms with Gasteiger partial charge in [0.15, 0.2) is 0 Å². The molecular formula is C18H25N5O2. The average Bonchev–Trinajstić information content (AvgIpc) is 3.03. The van der Waals surface area contributed by atoms with Crippen LogP contribution in [0.5, 0.6) is 5.75 Å². The lowest BCUT2D eigenvalue weighted by atomic mass is 10.1. The van der Waals surface area contributed by atoms with E-state index < -0.39 is 5.91 Å². The molecule has 0 fully saturated rings. The summed E-state index contributed by atoms with van der Waals surface area (Å²) in [5, 5.41) is 11.0. The summed E-state index contributed by atoms with van der Waals surface area (Å²) in [6.45, 7) is 7.16. The van der Waals surface area contributed by atoms with Crippen LogP contribution in [0.4, 0.5) is 5.82 Å². The van der Waals surface area contributed by atoms with Gasteiger partial charge in [-0.25, -0.2) is 4.68 Å². The number of aryl methyl sites for hydroxylation is 1. The Hall–Kier alpha value is -2.54. The fourth-order valence-corrected chi connectivity index (χ4v) is 2.86. The van der Waals surface area contributed by atoms with Crippen molar-refractivity contribution in [2.75, 3.05) is 25.0 Å². The summed E-state index contributed by atoms with van der Waals surface area (Å²) < 4.78 is 7.61. The number of carbonyl (C=O) groups excluding carboxylic acids is 1. The Bertz CT molecular complexity index is 726. The van der Waals surface area contributed by atoms with Crippen molar-refractivity contribution in [2.24, 2.45) is 11.7 Å². The molecule has 0 radical (unpaired) electrons. The van der Waals surface area contributed by atoms with E-state index in [0.717, 1.165) is 31.2 Å². The van der Waals surface area contributed by atoms with Gasteiger partial charge in [-0.05, 0) is 26.0 Å². The van der Waals surface area contributed by atoms with Crippen LogP contribution in [0.2, 0.25) is 0 Å². The van der Waals surface area contributed by atoms with Crippen LogP contribution in [0.15, 0.2) is 30.5 Å². The fraction of sp³-hybridized carbons (Fsp3) is 0.444. The number of anilines is 1. The number of amides is 1. The van der Waals surface area contributed by atoms with Crippen LogP contribution in [0.3, 0.4) is 0 Å². The monoisotopic (exact) mass is 343 g/mol. The first-order valence-electron chi connectivity index (χ1n) is 8.55. The number of ether oxygens (including phenoxy) is 1. The van der Waals surface area contributed by atoms with Crippen molar-refractivity contribution in [1.82, 2.24) is 15.1 Å². The highest BCUT2D eigenvalue weighted by molar-refractivity contribution is 5.97. The lowest BCUT2D eigenvalue weighted by molar-refractivity contribution is 0.100. The first kappa shape index (κ1) is 17.3. The van der Waals surface area contributed by atoms with Gasteiger partial charge < -0.3 is 21.1 Å². The molecule has 25 heavy (non-hydrogen) atoms. The van der Waals surface area contributed by atoms with Gasteiger partial charge in [-0.15, -0.1) is 0 Å². The molecule has 7 heteroatoms. The second kappa shape index (κ2) is 7.57. The molecule has 0 saturated carbocycles. The number of nitrogens with one attached hydrogen (secondary N) is 2. The summed E-state index contributed by atoms with van der Waals surface area (Å²) in [6.07, 6.45) is 1.53. The minimum absolute atomic E-state index is 0.238. The van der Waals surface area contributed by atoms with Gasteiger partial charge in [0.05, 0.1) is 6.20 Å². The molecule has 0 bridgehead atoms. The number of aromatic nitrogens is 2. The van der Waals surface area contributed by atoms with E-state index in [1.165, 1.54) is 11.8 Å². The number of nitrogens with two attached hydrogens (primary N) is 1. The first-order chi connectivity index (χ1) is 12.0. The molecule has 1 aromatic carbocycles. The zero-order chi connectivity index (χ0) is 17.8. The zero-order valence-electron chi connectivity index (χ0n) is 14.7. The molecule has 2 aromatic rings. The summed E-state index contributed by atoms with van der Waals surface area (Å²) in [5.41, 5.74) is 7.02. The van der Waals surface area contributed by atoms with E-state index in [9.17, 15) is 4.79 Å². The molecule has 1 amide bonds. The minimum atomic E-state index is -0.452. The molecule has 2 heterocycles. The van der Waals surface area contributed by atoms with Crippen molar-refractivity contribution >= 4 is 11.7 Å². The summed E-state index contributed by atoms with van der Waals surface area (Å²) in [4.78, 5) is 11.3. The van der Waals surface area contributed by atoms with E-state index >= 15 is 0 Å². The molecule has 0 aliphatic carbocycles. The van der Waals surface area contributed by atoms with Crippen molar-refractivity contribution in [3.05, 3.63) is 41.6 Å². The number of nitrogens with zero attached hydrogens (tertiary/aromatic N) is 2. The van der Waals surface area contributed by atoms with E-state index in [2.05, 4.69) is 29.6 Å². The van der Waals surface area contributed by atoms with Crippen LogP contribution < -0.4 is 21.1 Å². The van der Waals surface area contributed by atoms with E-state index in [0.29, 0.717) is 18.1 Å². The van der Waals surface area contributed by atoms with Crippen LogP contribution in [-0.4, -0.2) is 41.4 Å². The lowest BCUT2D eigenvalue weighted by Gasteiger charge is -2.27. The first-order valence-corrected chi connectivity index (χ1v) is 8.55. The van der Waals surface area contributed by atoms with E-state index in [4.69, 9.17) is 10.5 Å². The highest BCUT2D eigenvalue weighted by Gasteiger charge is 2.23. The molecule has 0 spiro atoms. The van der Waals surface area contributed by atoms with Crippen molar-refractivity contribution in [3.8, 4) is 5.75 Å². The molecule has 4 N–H and O–H groups in total. The Labute approximate surface area is 147 Å². The van der Waals surface area contributed by atoms with Crippen molar-refractivity contribution in [3.63, 3.8) is 0 Å². The third-order valence-corrected chi connectivity index (χ3v) is 4.37. The molecular weight excluding hydrogens is 318 g/mol. The topological polar surface area (TPSA) is 94.2 Å². The van der Waals surface area contributed by atoms with Crippen molar-refractivity contribution in [1.29, 1.82) is 0 Å². The Kier molecular flexibility index (Phi) is 5.23. The molecule has 2 unspecified atom stereocenters. The second-order valence-electron chi connectivity index (χ2n) is 6.63. The van der Waals surface area contributed by atoms with Gasteiger partial charge in [0, 0.05) is 31.6 Å². The van der Waals surface area contributed by atoms with Crippen molar-refractivity contribution in [2.45, 2.75) is 26.4 Å². The van der Waals surface area contributed by atoms with Crippen LogP contribution in [0.25, 0.3) is 0 Å². The quantitative estimate of drug-likeness (QED) is 0.706. The van der Waals surface area contributed by atoms with Gasteiger partial charge in [-0.2, -0.15) is 5.10 Å². The molecule has 0 saturated heterocycles. The lowest BCUT2D eigenvalue weighted by Crippen LogP contribution is -2.40. The van der Waals surface area contributed by atoms with Gasteiger partial charge >= 0.3 is 0 Å². The third-order valence-electron chi connectivity index (χ3n) is 4.37. The summed E-state index contributed by atoms with van der Waals surface area (Å²) in [5.74, 6) is 1.54. The number of hydrogen-bond acceptors (Lipinski definition) is 5. The maximum Gasteiger partial charge on any atom is 0.254 e. The predicted molar refractivity (Wildman–Crippen MR) is 96.9 cm³/mol. The summed E-state index contributed by atoms with van der Waals surface area (Å²) >= 11 is 0. The van der Waals surface area contributed by atoms with Gasteiger partial charge in [-0.3, -0.25) is 4.79 Å². The molecule has 134 valence electrons. The number of rotatable bonds is 7. The molecule has 7 nitrogen and oxygen atoms in total. The van der Waals surface area contributed by atoms with Gasteiger partial charge in [0.25, 0.3) is 5.91 Å². The molecule has 3 rings (SSSR count). The SMILES string of the molecule is Cc1ccc(OCC(C)NCC2CNc3c(C(N)=O)cnn3C2)cc1. The van der Waals surface area contributed by atoms with Crippen LogP contribution in [0, 0.1) is 12.8 Å². The Morgan fingerprint density at radius 2 is 2.24 bits per heavy atom. The molecule has 1 aromatic heterocycles. The van der Waals surface area contributed by atoms with E-state index in [-0.39, 0.29) is 6.04 Å². The zero-order valence-corrected chi connectivity index (χ0v) is 14.7. The molecule has 1 aliphatic rings. The minimum Gasteiger partial charge on any atom is -0.492 e. The standard InChI is InChI=1S/C18H25N5O2/c1-12-3-5-15(6-4-12)25-11-13(2)20-7-14-8-21-18-16(17(19)24)9-22-23(18)10-14/h3-6,9,13-14,20-21H,7-8,10-11H2,1-2H3,(H2,19,24). The van der Waals surface area contributed by atoms with Gasteiger partial charge in [0.1, 0.15) is 23.7 Å². The average molecular weight is 343 g/mol. The van der Waals surface area contributed by atoms with Crippen LogP contribution >= 0.6 is 0 Å². The van der Waals surface area contributed by atoms with Gasteiger partial charge in [-0.1, -0.05) is 17.7 Å². The third kappa shape index (κ3) is 4.30. The van der Waals surface area contributed by atoms with E-state index in [1.807, 2.05) is 28.9 Å². The fourth-order valence-electron chi connectivity index (χ4n) is 2.86. The maximum absolute atomic E-state index is 11.3. The Morgan fingerprint density at radius 1 is 1.48 bits per heavy atom.